The van der Waals surface area contributed by atoms with Crippen molar-refractivity contribution in [3.05, 3.63) is 29.1 Å². The normalized spacial score (nSPS) is 11.4. The van der Waals surface area contributed by atoms with Gasteiger partial charge >= 0.3 is 0 Å². The van der Waals surface area contributed by atoms with Crippen LogP contribution in [0.15, 0.2) is 12.4 Å². The maximum atomic E-state index is 11.2. The largest absolute Gasteiger partial charge is 0.366 e. The van der Waals surface area contributed by atoms with Crippen LogP contribution in [0.25, 0.3) is 0 Å². The number of rotatable bonds is 1. The number of aryl methyl sites for hydroxylation is 1. The number of carbonyl (C=O) groups is 1. The molecule has 1 rings (SSSR count). The molecule has 0 bridgehead atoms. The quantitative estimate of drug-likeness (QED) is 0.737. The van der Waals surface area contributed by atoms with E-state index in [9.17, 15) is 4.79 Å². The van der Waals surface area contributed by atoms with Crippen LogP contribution >= 0.6 is 0 Å². The maximum Gasteiger partial charge on any atom is 0.250 e. The van der Waals surface area contributed by atoms with E-state index in [1.54, 1.807) is 6.20 Å². The molecule has 14 heavy (non-hydrogen) atoms. The predicted octanol–water partition coefficient (Wildman–Crippen LogP) is 1.79. The highest BCUT2D eigenvalue weighted by Crippen LogP contribution is 2.27. The Balaban J connectivity index is 3.45. The first-order valence-electron chi connectivity index (χ1n) is 4.59. The van der Waals surface area contributed by atoms with Gasteiger partial charge in [-0.15, -0.1) is 0 Å². The zero-order valence-electron chi connectivity index (χ0n) is 9.09. The van der Waals surface area contributed by atoms with E-state index >= 15 is 0 Å². The van der Waals surface area contributed by atoms with E-state index in [1.807, 2.05) is 6.92 Å². The molecule has 0 aliphatic heterocycles. The fraction of sp³-hybridized carbons (Fsp3) is 0.455. The molecular formula is C11H16N2O. The van der Waals surface area contributed by atoms with Gasteiger partial charge in [-0.25, -0.2) is 0 Å². The molecule has 0 aromatic carbocycles. The van der Waals surface area contributed by atoms with Crippen LogP contribution in [0.4, 0.5) is 0 Å². The predicted molar refractivity (Wildman–Crippen MR) is 56.2 cm³/mol. The second-order valence-electron chi connectivity index (χ2n) is 4.49. The first-order valence-corrected chi connectivity index (χ1v) is 4.59. The molecule has 0 fully saturated rings. The number of aromatic nitrogens is 1. The molecule has 1 aromatic heterocycles. The smallest absolute Gasteiger partial charge is 0.250 e. The lowest BCUT2D eigenvalue weighted by molar-refractivity contribution is 0.0997. The van der Waals surface area contributed by atoms with Crippen LogP contribution in [0.3, 0.4) is 0 Å². The molecule has 1 heterocycles. The van der Waals surface area contributed by atoms with Gasteiger partial charge in [-0.05, 0) is 23.5 Å². The average molecular weight is 192 g/mol. The highest BCUT2D eigenvalue weighted by molar-refractivity contribution is 5.94. The Labute approximate surface area is 84.3 Å². The van der Waals surface area contributed by atoms with Crippen molar-refractivity contribution in [3.63, 3.8) is 0 Å². The van der Waals surface area contributed by atoms with Crippen LogP contribution in [0.1, 0.15) is 42.3 Å². The Morgan fingerprint density at radius 1 is 1.36 bits per heavy atom. The Kier molecular flexibility index (Phi) is 2.60. The summed E-state index contributed by atoms with van der Waals surface area (Å²) < 4.78 is 0. The minimum absolute atomic E-state index is 0.0859. The summed E-state index contributed by atoms with van der Waals surface area (Å²) in [5.74, 6) is -0.411. The lowest BCUT2D eigenvalue weighted by Crippen LogP contribution is -2.22. The van der Waals surface area contributed by atoms with Crippen molar-refractivity contribution in [2.24, 2.45) is 5.73 Å². The summed E-state index contributed by atoms with van der Waals surface area (Å²) in [7, 11) is 0. The van der Waals surface area contributed by atoms with E-state index in [-0.39, 0.29) is 5.41 Å². The number of hydrogen-bond donors (Lipinski definition) is 1. The summed E-state index contributed by atoms with van der Waals surface area (Å²) in [6.07, 6.45) is 3.29. The van der Waals surface area contributed by atoms with E-state index in [2.05, 4.69) is 25.8 Å². The van der Waals surface area contributed by atoms with Crippen LogP contribution in [-0.2, 0) is 5.41 Å². The van der Waals surface area contributed by atoms with Crippen molar-refractivity contribution < 1.29 is 4.79 Å². The van der Waals surface area contributed by atoms with Crippen molar-refractivity contribution in [3.8, 4) is 0 Å². The second-order valence-corrected chi connectivity index (χ2v) is 4.49. The topological polar surface area (TPSA) is 56.0 Å². The number of hydrogen-bond acceptors (Lipinski definition) is 2. The highest BCUT2D eigenvalue weighted by Gasteiger charge is 2.22. The van der Waals surface area contributed by atoms with Gasteiger partial charge < -0.3 is 5.73 Å². The molecule has 3 heteroatoms. The molecule has 1 amide bonds. The molecule has 2 N–H and O–H groups in total. The van der Waals surface area contributed by atoms with Crippen LogP contribution in [-0.4, -0.2) is 10.9 Å². The summed E-state index contributed by atoms with van der Waals surface area (Å²) in [5.41, 5.74) is 7.74. The molecular weight excluding hydrogens is 176 g/mol. The summed E-state index contributed by atoms with van der Waals surface area (Å²) in [5, 5.41) is 0. The second kappa shape index (κ2) is 3.40. The SMILES string of the molecule is Cc1cncc(C(N)=O)c1C(C)(C)C. The van der Waals surface area contributed by atoms with Gasteiger partial charge in [0.25, 0.3) is 5.91 Å². The van der Waals surface area contributed by atoms with E-state index in [0.29, 0.717) is 5.56 Å². The number of amides is 1. The van der Waals surface area contributed by atoms with Crippen LogP contribution < -0.4 is 5.73 Å². The van der Waals surface area contributed by atoms with Crippen molar-refractivity contribution >= 4 is 5.91 Å². The molecule has 0 radical (unpaired) electrons. The monoisotopic (exact) mass is 192 g/mol. The third-order valence-corrected chi connectivity index (χ3v) is 2.15. The molecule has 3 nitrogen and oxygen atoms in total. The zero-order chi connectivity index (χ0) is 10.9. The Hall–Kier alpha value is -1.38. The lowest BCUT2D eigenvalue weighted by Gasteiger charge is -2.23. The van der Waals surface area contributed by atoms with Crippen molar-refractivity contribution in [2.75, 3.05) is 0 Å². The van der Waals surface area contributed by atoms with Gasteiger partial charge in [0.05, 0.1) is 5.56 Å². The van der Waals surface area contributed by atoms with Gasteiger partial charge in [-0.2, -0.15) is 0 Å². The van der Waals surface area contributed by atoms with Crippen molar-refractivity contribution in [1.29, 1.82) is 0 Å². The molecule has 0 spiro atoms. The number of nitrogens with two attached hydrogens (primary N) is 1. The molecule has 76 valence electrons. The first kappa shape index (κ1) is 10.7. The fourth-order valence-corrected chi connectivity index (χ4v) is 1.75. The summed E-state index contributed by atoms with van der Waals surface area (Å²) in [4.78, 5) is 15.2. The van der Waals surface area contributed by atoms with Crippen molar-refractivity contribution in [1.82, 2.24) is 4.98 Å². The molecule has 0 aliphatic rings. The van der Waals surface area contributed by atoms with Gasteiger partial charge in [-0.3, -0.25) is 9.78 Å². The van der Waals surface area contributed by atoms with Gasteiger partial charge in [-0.1, -0.05) is 20.8 Å². The average Bonchev–Trinajstić information content (AvgIpc) is 2.01. The number of pyridine rings is 1. The Morgan fingerprint density at radius 3 is 2.29 bits per heavy atom. The third-order valence-electron chi connectivity index (χ3n) is 2.15. The third kappa shape index (κ3) is 1.92. The lowest BCUT2D eigenvalue weighted by atomic mass is 9.82. The zero-order valence-corrected chi connectivity index (χ0v) is 9.09. The molecule has 0 unspecified atom stereocenters. The molecule has 0 atom stereocenters. The van der Waals surface area contributed by atoms with E-state index < -0.39 is 5.91 Å². The van der Waals surface area contributed by atoms with E-state index in [4.69, 9.17) is 5.73 Å². The summed E-state index contributed by atoms with van der Waals surface area (Å²) in [6, 6.07) is 0. The molecule has 0 saturated carbocycles. The van der Waals surface area contributed by atoms with Gasteiger partial charge in [0.2, 0.25) is 0 Å². The molecule has 0 aliphatic carbocycles. The Bertz CT molecular complexity index is 364. The number of nitrogens with zero attached hydrogens (tertiary/aromatic N) is 1. The van der Waals surface area contributed by atoms with Crippen LogP contribution in [0, 0.1) is 6.92 Å². The fourth-order valence-electron chi connectivity index (χ4n) is 1.75. The number of primary amides is 1. The van der Waals surface area contributed by atoms with Crippen LogP contribution in [0.5, 0.6) is 0 Å². The highest BCUT2D eigenvalue weighted by atomic mass is 16.1. The van der Waals surface area contributed by atoms with E-state index in [1.165, 1.54) is 6.20 Å². The first-order chi connectivity index (χ1) is 6.34. The minimum Gasteiger partial charge on any atom is -0.366 e. The minimum atomic E-state index is -0.411. The van der Waals surface area contributed by atoms with E-state index in [0.717, 1.165) is 11.1 Å². The van der Waals surface area contributed by atoms with Gasteiger partial charge in [0, 0.05) is 12.4 Å². The van der Waals surface area contributed by atoms with Crippen LogP contribution in [0.2, 0.25) is 0 Å². The molecule has 0 saturated heterocycles. The standard InChI is InChI=1S/C11H16N2O/c1-7-5-13-6-8(10(12)14)9(7)11(2,3)4/h5-6H,1-4H3,(H2,12,14). The van der Waals surface area contributed by atoms with Gasteiger partial charge in [0.15, 0.2) is 0 Å². The van der Waals surface area contributed by atoms with Gasteiger partial charge in [0.1, 0.15) is 0 Å². The van der Waals surface area contributed by atoms with Crippen molar-refractivity contribution in [2.45, 2.75) is 33.1 Å². The number of carbonyl (C=O) groups excluding carboxylic acids is 1. The Morgan fingerprint density at radius 2 is 1.93 bits per heavy atom. The summed E-state index contributed by atoms with van der Waals surface area (Å²) >= 11 is 0. The molecule has 1 aromatic rings. The summed E-state index contributed by atoms with van der Waals surface area (Å²) in [6.45, 7) is 8.12. The maximum absolute atomic E-state index is 11.2.